The number of anilines is 1. The van der Waals surface area contributed by atoms with Crippen LogP contribution in [0.1, 0.15) is 98.4 Å². The molecule has 0 radical (unpaired) electrons. The van der Waals surface area contributed by atoms with Gasteiger partial charge in [-0.15, -0.1) is 0 Å². The molecule has 1 aliphatic heterocycles. The van der Waals surface area contributed by atoms with Crippen LogP contribution in [0.4, 0.5) is 16.2 Å². The summed E-state index contributed by atoms with van der Waals surface area (Å²) in [6.45, 7) is 19.8. The van der Waals surface area contributed by atoms with Crippen LogP contribution in [0.15, 0.2) is 36.8 Å². The molecule has 1 aliphatic rings. The van der Waals surface area contributed by atoms with Gasteiger partial charge in [0.1, 0.15) is 23.1 Å². The Hall–Kier alpha value is -4.12. The number of carbonyl (C=O) groups is 2. The van der Waals surface area contributed by atoms with Crippen LogP contribution in [0, 0.1) is 22.0 Å². The summed E-state index contributed by atoms with van der Waals surface area (Å²) in [5, 5.41) is 12.3. The lowest BCUT2D eigenvalue weighted by Gasteiger charge is -2.39. The van der Waals surface area contributed by atoms with Crippen LogP contribution in [0.5, 0.6) is 0 Å². The van der Waals surface area contributed by atoms with Crippen molar-refractivity contribution in [2.75, 3.05) is 4.90 Å². The van der Waals surface area contributed by atoms with Crippen LogP contribution >= 0.6 is 0 Å². The van der Waals surface area contributed by atoms with Crippen LogP contribution in [0.3, 0.4) is 0 Å². The maximum Gasteiger partial charge on any atom is 0.415 e. The van der Waals surface area contributed by atoms with Crippen LogP contribution in [0.2, 0.25) is 18.1 Å². The molecule has 0 spiro atoms. The third kappa shape index (κ3) is 9.12. The summed E-state index contributed by atoms with van der Waals surface area (Å²) in [6, 6.07) is 6.28. The summed E-state index contributed by atoms with van der Waals surface area (Å²) in [6.07, 6.45) is 4.06. The zero-order chi connectivity index (χ0) is 36.3. The summed E-state index contributed by atoms with van der Waals surface area (Å²) in [4.78, 5) is 47.4. The Morgan fingerprint density at radius 3 is 2.49 bits per heavy atom. The van der Waals surface area contributed by atoms with Crippen LogP contribution in [-0.4, -0.2) is 57.5 Å². The largest absolute Gasteiger partial charge is 0.443 e. The lowest BCUT2D eigenvalue weighted by molar-refractivity contribution is -0.385. The van der Waals surface area contributed by atoms with Crippen molar-refractivity contribution >= 4 is 42.7 Å². The summed E-state index contributed by atoms with van der Waals surface area (Å²) in [5.74, 6) is 5.80. The van der Waals surface area contributed by atoms with E-state index in [0.29, 0.717) is 41.7 Å². The predicted octanol–water partition coefficient (Wildman–Crippen LogP) is 8.09. The molecule has 4 rings (SSSR count). The van der Waals surface area contributed by atoms with Crippen molar-refractivity contribution in [3.63, 3.8) is 0 Å². The molecular formula is C36H49N5O7Si. The maximum atomic E-state index is 13.8. The van der Waals surface area contributed by atoms with Gasteiger partial charge in [-0.05, 0) is 70.4 Å². The quantitative estimate of drug-likeness (QED) is 0.0893. The number of carbonyl (C=O) groups excluding carboxylic acids is 2. The van der Waals surface area contributed by atoms with Crippen molar-refractivity contribution in [1.82, 2.24) is 14.5 Å². The van der Waals surface area contributed by atoms with Crippen molar-refractivity contribution in [3.8, 4) is 11.8 Å². The number of aromatic nitrogens is 3. The lowest BCUT2D eigenvalue weighted by Crippen LogP contribution is -2.45. The number of fused-ring (bicyclic) bond motifs is 1. The Kier molecular flexibility index (Phi) is 11.4. The summed E-state index contributed by atoms with van der Waals surface area (Å²) >= 11 is 0. The van der Waals surface area contributed by atoms with Gasteiger partial charge in [-0.1, -0.05) is 39.5 Å². The van der Waals surface area contributed by atoms with Gasteiger partial charge < -0.3 is 13.9 Å². The fourth-order valence-electron chi connectivity index (χ4n) is 5.35. The number of pyridine rings is 1. The molecule has 0 saturated carbocycles. The number of Topliss-reactive ketones (excluding diaryl/α,β-unsaturated/α-hetero) is 1. The minimum atomic E-state index is -2.07. The topological polar surface area (TPSA) is 139 Å². The summed E-state index contributed by atoms with van der Waals surface area (Å²) < 4.78 is 21.0. The first-order chi connectivity index (χ1) is 22.8. The van der Waals surface area contributed by atoms with Gasteiger partial charge in [0.05, 0.1) is 35.7 Å². The molecule has 1 saturated heterocycles. The first kappa shape index (κ1) is 37.7. The normalized spacial score (nSPS) is 18.2. The van der Waals surface area contributed by atoms with E-state index in [1.54, 1.807) is 51.5 Å². The molecule has 0 N–H and O–H groups in total. The Morgan fingerprint density at radius 2 is 1.88 bits per heavy atom. The van der Waals surface area contributed by atoms with E-state index < -0.39 is 24.9 Å². The van der Waals surface area contributed by atoms with E-state index in [0.717, 1.165) is 6.42 Å². The highest BCUT2D eigenvalue weighted by Crippen LogP contribution is 2.42. The number of nitro benzene ring substituents is 1. The van der Waals surface area contributed by atoms with Crippen molar-refractivity contribution in [1.29, 1.82) is 0 Å². The first-order valence-corrected chi connectivity index (χ1v) is 19.6. The van der Waals surface area contributed by atoms with E-state index in [2.05, 4.69) is 62.6 Å². The highest BCUT2D eigenvalue weighted by Gasteiger charge is 2.45. The number of nitrogens with zero attached hydrogens (tertiary/aromatic N) is 5. The third-order valence-electron chi connectivity index (χ3n) is 8.93. The molecule has 264 valence electrons. The van der Waals surface area contributed by atoms with Gasteiger partial charge in [0.15, 0.2) is 14.0 Å². The molecule has 0 bridgehead atoms. The van der Waals surface area contributed by atoms with Gasteiger partial charge in [0.2, 0.25) is 0 Å². The number of ether oxygens (including phenoxy) is 2. The van der Waals surface area contributed by atoms with Crippen LogP contribution in [0.25, 0.3) is 11.2 Å². The Labute approximate surface area is 289 Å². The van der Waals surface area contributed by atoms with E-state index >= 15 is 0 Å². The minimum Gasteiger partial charge on any atom is -0.443 e. The Balaban J connectivity index is 1.71. The van der Waals surface area contributed by atoms with Crippen LogP contribution in [-0.2, 0) is 25.2 Å². The monoisotopic (exact) mass is 691 g/mol. The van der Waals surface area contributed by atoms with Crippen molar-refractivity contribution in [3.05, 3.63) is 58.0 Å². The van der Waals surface area contributed by atoms with E-state index in [1.807, 2.05) is 4.57 Å². The van der Waals surface area contributed by atoms with Crippen LogP contribution < -0.4 is 4.90 Å². The van der Waals surface area contributed by atoms with E-state index in [4.69, 9.17) is 13.9 Å². The Morgan fingerprint density at radius 1 is 1.16 bits per heavy atom. The van der Waals surface area contributed by atoms with Gasteiger partial charge in [-0.3, -0.25) is 24.4 Å². The zero-order valence-electron chi connectivity index (χ0n) is 30.3. The number of amides is 1. The molecule has 1 aromatic carbocycles. The molecule has 1 fully saturated rings. The number of benzene rings is 1. The molecule has 0 aliphatic carbocycles. The smallest absolute Gasteiger partial charge is 0.415 e. The second kappa shape index (κ2) is 14.8. The highest BCUT2D eigenvalue weighted by molar-refractivity contribution is 6.74. The third-order valence-corrected chi connectivity index (χ3v) is 13.4. The van der Waals surface area contributed by atoms with E-state index in [1.165, 1.54) is 17.9 Å². The maximum absolute atomic E-state index is 13.8. The number of rotatable bonds is 10. The molecule has 49 heavy (non-hydrogen) atoms. The lowest BCUT2D eigenvalue weighted by atomic mass is 10.1. The molecule has 12 nitrogen and oxygen atoms in total. The number of hydrogen-bond donors (Lipinski definition) is 0. The second-order valence-corrected chi connectivity index (χ2v) is 19.8. The molecule has 13 heteroatoms. The van der Waals surface area contributed by atoms with Gasteiger partial charge in [0.25, 0.3) is 5.69 Å². The summed E-state index contributed by atoms with van der Waals surface area (Å²) in [7, 11) is -2.07. The molecular weight excluding hydrogens is 643 g/mol. The van der Waals surface area contributed by atoms with Gasteiger partial charge >= 0.3 is 6.09 Å². The minimum absolute atomic E-state index is 0.0219. The first-order valence-electron chi connectivity index (χ1n) is 16.7. The molecule has 1 unspecified atom stereocenters. The van der Waals surface area contributed by atoms with Crippen molar-refractivity contribution < 1.29 is 28.4 Å². The average molecular weight is 692 g/mol. The molecule has 3 heterocycles. The van der Waals surface area contributed by atoms with Gasteiger partial charge in [-0.25, -0.2) is 14.8 Å². The van der Waals surface area contributed by atoms with Crippen molar-refractivity contribution in [2.45, 2.75) is 130 Å². The number of ketones is 1. The average Bonchev–Trinajstić information content (AvgIpc) is 3.60. The number of hydrogen-bond acceptors (Lipinski definition) is 9. The molecule has 2 aromatic heterocycles. The number of nitro groups is 1. The number of imidazole rings is 1. The molecule has 3 aromatic rings. The standard InChI is InChI=1S/C36H49N5O7Si/c1-11-29-30(48-49(9,10)36(6,7)8)21-31(46-29)40-23-38-32-27(18-19-37-33(32)40)39(34(43)47-35(3,4)5)22-26-17-16-25(20-28(26)41(44)45)15-13-12-14-24(2)42/h16-20,23,29-31H,11-12,14,21-22H2,1-10H3/t29-,30?,31-/m1/s1. The van der Waals surface area contributed by atoms with E-state index in [-0.39, 0.29) is 47.1 Å². The molecule has 3 atom stereocenters. The summed E-state index contributed by atoms with van der Waals surface area (Å²) in [5.41, 5.74) is 1.01. The highest BCUT2D eigenvalue weighted by atomic mass is 28.4. The molecule has 1 amide bonds. The van der Waals surface area contributed by atoms with Crippen molar-refractivity contribution in [2.24, 2.45) is 0 Å². The second-order valence-electron chi connectivity index (χ2n) is 15.0. The van der Waals surface area contributed by atoms with Gasteiger partial charge in [-0.2, -0.15) is 0 Å². The Bertz CT molecular complexity index is 1760. The predicted molar refractivity (Wildman–Crippen MR) is 191 cm³/mol. The fourth-order valence-corrected chi connectivity index (χ4v) is 6.70. The zero-order valence-corrected chi connectivity index (χ0v) is 31.3. The van der Waals surface area contributed by atoms with E-state index in [9.17, 15) is 19.7 Å². The fraction of sp³-hybridized carbons (Fsp3) is 0.556. The SMILES string of the molecule is CC[C@H]1O[C@@H](n2cnc3c(N(Cc4ccc(C#CCCC(C)=O)cc4[N+](=O)[O-])C(=O)OC(C)(C)C)ccnc32)CC1O[Si](C)(C)C(C)(C)C. The van der Waals surface area contributed by atoms with Gasteiger partial charge in [0, 0.05) is 42.7 Å².